The molecule has 2 N–H and O–H groups in total. The maximum atomic E-state index is 12.8. The number of aliphatic hydroxyl groups excluding tert-OH is 1. The fraction of sp³-hybridized carbons (Fsp3) is 0.360. The molecule has 1 fully saturated rings. The summed E-state index contributed by atoms with van der Waals surface area (Å²) in [6, 6.07) is 11.2. The number of rotatable bonds is 12. The highest BCUT2D eigenvalue weighted by Gasteiger charge is 2.21. The van der Waals surface area contributed by atoms with E-state index in [-0.39, 0.29) is 43.1 Å². The van der Waals surface area contributed by atoms with E-state index in [0.717, 1.165) is 19.3 Å². The summed E-state index contributed by atoms with van der Waals surface area (Å²) in [4.78, 5) is 17.0. The van der Waals surface area contributed by atoms with Crippen LogP contribution in [0.5, 0.6) is 17.2 Å². The van der Waals surface area contributed by atoms with E-state index >= 15 is 0 Å². The van der Waals surface area contributed by atoms with Crippen LogP contribution in [0.15, 0.2) is 53.1 Å². The maximum Gasteiger partial charge on any atom is 0.387 e. The molecule has 0 aliphatic heterocycles. The van der Waals surface area contributed by atoms with Crippen LogP contribution in [0.1, 0.15) is 35.3 Å². The van der Waals surface area contributed by atoms with Crippen molar-refractivity contribution in [3.63, 3.8) is 0 Å². The highest BCUT2D eigenvalue weighted by molar-refractivity contribution is 5.96. The van der Waals surface area contributed by atoms with E-state index in [1.54, 1.807) is 36.4 Å². The standard InChI is InChI=1S/C25H26F2N2O6/c26-25(27)35-21-9-8-17(12-22(21)33-14-16-4-3-5-16)24-29-18(15-34-24)13-28-23(31)19-6-1-2-7-20(19)32-11-10-30/h1-2,6-9,12,15-16,25,30H,3-5,10-11,13-14H2,(H,28,31). The Morgan fingerprint density at radius 2 is 1.97 bits per heavy atom. The Bertz CT molecular complexity index is 1130. The van der Waals surface area contributed by atoms with Gasteiger partial charge in [0.15, 0.2) is 11.5 Å². The summed E-state index contributed by atoms with van der Waals surface area (Å²) in [5, 5.41) is 11.7. The minimum Gasteiger partial charge on any atom is -0.490 e. The van der Waals surface area contributed by atoms with Crippen LogP contribution >= 0.6 is 0 Å². The Hall–Kier alpha value is -3.66. The van der Waals surface area contributed by atoms with E-state index in [1.807, 2.05) is 0 Å². The minimum absolute atomic E-state index is 0.0517. The summed E-state index contributed by atoms with van der Waals surface area (Å²) in [5.74, 6) is 0.794. The number of amides is 1. The molecule has 1 heterocycles. The van der Waals surface area contributed by atoms with Crippen molar-refractivity contribution in [2.75, 3.05) is 19.8 Å². The van der Waals surface area contributed by atoms with Gasteiger partial charge in [0.1, 0.15) is 18.6 Å². The Labute approximate surface area is 200 Å². The molecule has 1 aliphatic carbocycles. The number of oxazole rings is 1. The first-order chi connectivity index (χ1) is 17.0. The number of aliphatic hydroxyl groups is 1. The van der Waals surface area contributed by atoms with Gasteiger partial charge in [-0.2, -0.15) is 8.78 Å². The summed E-state index contributed by atoms with van der Waals surface area (Å²) in [7, 11) is 0. The number of carbonyl (C=O) groups excluding carboxylic acids is 1. The first-order valence-corrected chi connectivity index (χ1v) is 11.3. The predicted octanol–water partition coefficient (Wildman–Crippen LogP) is 4.42. The summed E-state index contributed by atoms with van der Waals surface area (Å²) in [5.41, 5.74) is 1.31. The number of ether oxygens (including phenoxy) is 3. The van der Waals surface area contributed by atoms with Gasteiger partial charge in [0, 0.05) is 5.56 Å². The fourth-order valence-corrected chi connectivity index (χ4v) is 3.54. The SMILES string of the molecule is O=C(NCc1coc(-c2ccc(OC(F)F)c(OCC3CCC3)c2)n1)c1ccccc1OCCO. The zero-order valence-corrected chi connectivity index (χ0v) is 18.9. The van der Waals surface area contributed by atoms with E-state index in [0.29, 0.717) is 35.1 Å². The second-order valence-corrected chi connectivity index (χ2v) is 8.04. The number of aromatic nitrogens is 1. The number of benzene rings is 2. The first kappa shape index (κ1) is 24.5. The average molecular weight is 488 g/mol. The van der Waals surface area contributed by atoms with Crippen molar-refractivity contribution in [2.45, 2.75) is 32.4 Å². The summed E-state index contributed by atoms with van der Waals surface area (Å²) in [6.07, 6.45) is 4.66. The van der Waals surface area contributed by atoms with Crippen LogP contribution in [0.3, 0.4) is 0 Å². The molecule has 3 aromatic rings. The van der Waals surface area contributed by atoms with Gasteiger partial charge in [-0.25, -0.2) is 4.98 Å². The number of alkyl halides is 2. The van der Waals surface area contributed by atoms with Crippen LogP contribution in [0, 0.1) is 5.92 Å². The molecule has 0 saturated heterocycles. The van der Waals surface area contributed by atoms with Crippen LogP contribution < -0.4 is 19.5 Å². The molecular formula is C25H26F2N2O6. The third-order valence-corrected chi connectivity index (χ3v) is 5.57. The molecule has 10 heteroatoms. The normalized spacial score (nSPS) is 13.4. The van der Waals surface area contributed by atoms with Crippen molar-refractivity contribution < 1.29 is 37.3 Å². The van der Waals surface area contributed by atoms with Crippen LogP contribution in [0.2, 0.25) is 0 Å². The molecule has 35 heavy (non-hydrogen) atoms. The zero-order valence-electron chi connectivity index (χ0n) is 18.9. The Balaban J connectivity index is 1.42. The number of nitrogens with zero attached hydrogens (tertiary/aromatic N) is 1. The lowest BCUT2D eigenvalue weighted by molar-refractivity contribution is -0.0517. The molecule has 8 nitrogen and oxygen atoms in total. The van der Waals surface area contributed by atoms with Crippen molar-refractivity contribution in [1.82, 2.24) is 10.3 Å². The molecule has 2 aromatic carbocycles. The van der Waals surface area contributed by atoms with Crippen LogP contribution in [0.25, 0.3) is 11.5 Å². The quantitative estimate of drug-likeness (QED) is 0.389. The summed E-state index contributed by atoms with van der Waals surface area (Å²) >= 11 is 0. The van der Waals surface area contributed by atoms with Crippen molar-refractivity contribution in [3.8, 4) is 28.7 Å². The third-order valence-electron chi connectivity index (χ3n) is 5.57. The topological polar surface area (TPSA) is 103 Å². The largest absolute Gasteiger partial charge is 0.490 e. The van der Waals surface area contributed by atoms with Gasteiger partial charge in [-0.05, 0) is 49.1 Å². The fourth-order valence-electron chi connectivity index (χ4n) is 3.54. The Morgan fingerprint density at radius 1 is 1.14 bits per heavy atom. The molecule has 186 valence electrons. The second kappa shape index (κ2) is 11.7. The highest BCUT2D eigenvalue weighted by Crippen LogP contribution is 2.35. The zero-order chi connectivity index (χ0) is 24.6. The second-order valence-electron chi connectivity index (χ2n) is 8.04. The minimum atomic E-state index is -2.97. The van der Waals surface area contributed by atoms with E-state index < -0.39 is 6.61 Å². The van der Waals surface area contributed by atoms with E-state index in [9.17, 15) is 13.6 Å². The summed E-state index contributed by atoms with van der Waals surface area (Å²) < 4.78 is 46.9. The van der Waals surface area contributed by atoms with Crippen LogP contribution in [-0.4, -0.2) is 42.4 Å². The number of para-hydroxylation sites is 1. The van der Waals surface area contributed by atoms with Crippen LogP contribution in [-0.2, 0) is 6.54 Å². The highest BCUT2D eigenvalue weighted by atomic mass is 19.3. The first-order valence-electron chi connectivity index (χ1n) is 11.3. The monoisotopic (exact) mass is 488 g/mol. The van der Waals surface area contributed by atoms with Gasteiger partial charge < -0.3 is 29.1 Å². The molecule has 4 rings (SSSR count). The summed E-state index contributed by atoms with van der Waals surface area (Å²) in [6.45, 7) is -2.54. The van der Waals surface area contributed by atoms with Gasteiger partial charge >= 0.3 is 6.61 Å². The lowest BCUT2D eigenvalue weighted by Gasteiger charge is -2.25. The van der Waals surface area contributed by atoms with E-state index in [4.69, 9.17) is 19.0 Å². The molecule has 1 amide bonds. The molecule has 0 spiro atoms. The van der Waals surface area contributed by atoms with Crippen molar-refractivity contribution in [1.29, 1.82) is 0 Å². The van der Waals surface area contributed by atoms with Crippen molar-refractivity contribution in [3.05, 3.63) is 60.0 Å². The predicted molar refractivity (Wildman–Crippen MR) is 122 cm³/mol. The van der Waals surface area contributed by atoms with Gasteiger partial charge in [0.25, 0.3) is 5.91 Å². The number of carbonyl (C=O) groups is 1. The number of nitrogens with one attached hydrogen (secondary N) is 1. The van der Waals surface area contributed by atoms with E-state index in [2.05, 4.69) is 15.0 Å². The van der Waals surface area contributed by atoms with Gasteiger partial charge in [-0.15, -0.1) is 0 Å². The molecule has 0 unspecified atom stereocenters. The maximum absolute atomic E-state index is 12.8. The average Bonchev–Trinajstić information content (AvgIpc) is 3.30. The van der Waals surface area contributed by atoms with Crippen molar-refractivity contribution >= 4 is 5.91 Å². The molecule has 1 saturated carbocycles. The lowest BCUT2D eigenvalue weighted by Crippen LogP contribution is -2.23. The smallest absolute Gasteiger partial charge is 0.387 e. The van der Waals surface area contributed by atoms with Gasteiger partial charge in [0.05, 0.1) is 31.0 Å². The molecule has 0 atom stereocenters. The third kappa shape index (κ3) is 6.48. The van der Waals surface area contributed by atoms with Gasteiger partial charge in [-0.3, -0.25) is 4.79 Å². The van der Waals surface area contributed by atoms with Crippen LogP contribution in [0.4, 0.5) is 8.78 Å². The van der Waals surface area contributed by atoms with Gasteiger partial charge in [-0.1, -0.05) is 18.6 Å². The number of hydrogen-bond acceptors (Lipinski definition) is 7. The van der Waals surface area contributed by atoms with Crippen molar-refractivity contribution in [2.24, 2.45) is 5.92 Å². The number of hydrogen-bond donors (Lipinski definition) is 2. The Morgan fingerprint density at radius 3 is 2.71 bits per heavy atom. The molecule has 0 bridgehead atoms. The van der Waals surface area contributed by atoms with Gasteiger partial charge in [0.2, 0.25) is 5.89 Å². The van der Waals surface area contributed by atoms with E-state index in [1.165, 1.54) is 12.3 Å². The number of halogens is 2. The molecule has 0 radical (unpaired) electrons. The lowest BCUT2D eigenvalue weighted by atomic mass is 9.86. The molecule has 1 aromatic heterocycles. The molecular weight excluding hydrogens is 462 g/mol. The molecule has 1 aliphatic rings. The Kier molecular flexibility index (Phi) is 8.15.